The molecular weight excluding hydrogens is 620 g/mol. The molecule has 0 spiro atoms. The summed E-state index contributed by atoms with van der Waals surface area (Å²) >= 11 is 1.34. The van der Waals surface area contributed by atoms with Crippen molar-refractivity contribution < 1.29 is 27.1 Å². The Morgan fingerprint density at radius 1 is 1.07 bits per heavy atom. The van der Waals surface area contributed by atoms with E-state index < -0.39 is 12.4 Å². The molecule has 3 aromatic carbocycles. The SMILES string of the molecule is CCC(CNC(=O)/N=c1\scc(C)n1-c1ccc(F)cc1C(C)C)c1ccc(-c2ncn(-c3ccc(OC(F)(F)F)cc3)n2)cc1. The van der Waals surface area contributed by atoms with Crippen molar-refractivity contribution in [2.75, 3.05) is 6.54 Å². The van der Waals surface area contributed by atoms with E-state index in [1.54, 1.807) is 6.07 Å². The summed E-state index contributed by atoms with van der Waals surface area (Å²) in [4.78, 5) is 22.1. The maximum atomic E-state index is 14.0. The number of alkyl halides is 3. The summed E-state index contributed by atoms with van der Waals surface area (Å²) in [5.74, 6) is -0.0848. The predicted molar refractivity (Wildman–Crippen MR) is 168 cm³/mol. The molecule has 0 bridgehead atoms. The number of rotatable bonds is 9. The van der Waals surface area contributed by atoms with Gasteiger partial charge in [0, 0.05) is 29.1 Å². The summed E-state index contributed by atoms with van der Waals surface area (Å²) in [5, 5.41) is 9.29. The van der Waals surface area contributed by atoms with E-state index in [1.807, 2.05) is 61.9 Å². The van der Waals surface area contributed by atoms with E-state index in [1.165, 1.54) is 58.7 Å². The maximum Gasteiger partial charge on any atom is 0.573 e. The number of benzene rings is 3. The highest BCUT2D eigenvalue weighted by molar-refractivity contribution is 7.07. The minimum atomic E-state index is -4.76. The van der Waals surface area contributed by atoms with E-state index in [0.29, 0.717) is 22.9 Å². The molecule has 5 aromatic rings. The third-order valence-electron chi connectivity index (χ3n) is 7.39. The molecule has 0 radical (unpaired) electrons. The smallest absolute Gasteiger partial charge is 0.406 e. The number of amides is 2. The summed E-state index contributed by atoms with van der Waals surface area (Å²) in [6, 6.07) is 17.2. The monoisotopic (exact) mass is 652 g/mol. The number of urea groups is 1. The van der Waals surface area contributed by atoms with Gasteiger partial charge in [-0.05, 0) is 72.9 Å². The highest BCUT2D eigenvalue weighted by atomic mass is 32.1. The molecule has 1 unspecified atom stereocenters. The lowest BCUT2D eigenvalue weighted by Crippen LogP contribution is -2.28. The third kappa shape index (κ3) is 7.71. The quantitative estimate of drug-likeness (QED) is 0.163. The van der Waals surface area contributed by atoms with Crippen LogP contribution in [0.4, 0.5) is 22.4 Å². The van der Waals surface area contributed by atoms with Crippen LogP contribution in [0.25, 0.3) is 22.8 Å². The highest BCUT2D eigenvalue weighted by Crippen LogP contribution is 2.27. The van der Waals surface area contributed by atoms with Crippen molar-refractivity contribution in [3.05, 3.63) is 106 Å². The fraction of sp³-hybridized carbons (Fsp3) is 0.273. The molecular formula is C33H32F4N6O2S. The number of hydrogen-bond acceptors (Lipinski definition) is 5. The normalized spacial score (nSPS) is 12.8. The Bertz CT molecular complexity index is 1880. The second kappa shape index (κ2) is 13.7. The predicted octanol–water partition coefficient (Wildman–Crippen LogP) is 8.06. The lowest BCUT2D eigenvalue weighted by atomic mass is 9.95. The molecule has 0 saturated heterocycles. The van der Waals surface area contributed by atoms with Crippen LogP contribution >= 0.6 is 11.3 Å². The summed E-state index contributed by atoms with van der Waals surface area (Å²) in [5.41, 5.74) is 4.81. The molecule has 0 saturated carbocycles. The van der Waals surface area contributed by atoms with Gasteiger partial charge in [-0.1, -0.05) is 45.0 Å². The largest absolute Gasteiger partial charge is 0.573 e. The molecule has 0 aliphatic carbocycles. The zero-order chi connectivity index (χ0) is 33.0. The van der Waals surface area contributed by atoms with E-state index >= 15 is 0 Å². The van der Waals surface area contributed by atoms with Gasteiger partial charge in [0.1, 0.15) is 17.9 Å². The van der Waals surface area contributed by atoms with Crippen molar-refractivity contribution in [3.63, 3.8) is 0 Å². The fourth-order valence-corrected chi connectivity index (χ4v) is 5.88. The second-order valence-electron chi connectivity index (χ2n) is 10.9. The van der Waals surface area contributed by atoms with Crippen LogP contribution in [-0.4, -0.2) is 38.3 Å². The minimum absolute atomic E-state index is 0.0259. The van der Waals surface area contributed by atoms with Crippen LogP contribution in [0.3, 0.4) is 0 Å². The standard InChI is InChI=1S/C33H32F4N6O2S/c1-5-22(17-38-31(44)40-32-43(21(4)18-46-32)29-15-10-25(34)16-28(29)20(2)3)23-6-8-24(9-7-23)30-39-19-42(41-30)26-11-13-27(14-12-26)45-33(35,36)37/h6-16,18-20,22H,5,17H2,1-4H3,(H,38,44)/b40-32-. The highest BCUT2D eigenvalue weighted by Gasteiger charge is 2.31. The fourth-order valence-electron chi connectivity index (χ4n) is 5.01. The molecule has 2 amide bonds. The van der Waals surface area contributed by atoms with Gasteiger partial charge in [-0.2, -0.15) is 4.99 Å². The lowest BCUT2D eigenvalue weighted by Gasteiger charge is -2.16. The summed E-state index contributed by atoms with van der Waals surface area (Å²) in [7, 11) is 0. The molecule has 0 fully saturated rings. The number of nitrogens with zero attached hydrogens (tertiary/aromatic N) is 5. The number of ether oxygens (including phenoxy) is 1. The topological polar surface area (TPSA) is 86.3 Å². The number of nitrogens with one attached hydrogen (secondary N) is 1. The van der Waals surface area contributed by atoms with E-state index in [2.05, 4.69) is 25.1 Å². The van der Waals surface area contributed by atoms with E-state index in [-0.39, 0.29) is 23.4 Å². The van der Waals surface area contributed by atoms with Crippen LogP contribution in [0.2, 0.25) is 0 Å². The van der Waals surface area contributed by atoms with Gasteiger partial charge in [0.25, 0.3) is 0 Å². The summed E-state index contributed by atoms with van der Waals surface area (Å²) < 4.78 is 58.6. The van der Waals surface area contributed by atoms with Gasteiger partial charge < -0.3 is 10.1 Å². The maximum absolute atomic E-state index is 14.0. The van der Waals surface area contributed by atoms with Gasteiger partial charge >= 0.3 is 12.4 Å². The first-order chi connectivity index (χ1) is 21.9. The van der Waals surface area contributed by atoms with Crippen LogP contribution in [-0.2, 0) is 0 Å². The van der Waals surface area contributed by atoms with Crippen molar-refractivity contribution in [2.24, 2.45) is 4.99 Å². The average molecular weight is 653 g/mol. The van der Waals surface area contributed by atoms with Crippen molar-refractivity contribution in [3.8, 4) is 28.5 Å². The molecule has 1 N–H and O–H groups in total. The number of hydrogen-bond donors (Lipinski definition) is 1. The van der Waals surface area contributed by atoms with Gasteiger partial charge in [-0.3, -0.25) is 4.57 Å². The Balaban J connectivity index is 1.26. The molecule has 240 valence electrons. The van der Waals surface area contributed by atoms with Crippen LogP contribution in [0, 0.1) is 12.7 Å². The molecule has 2 aromatic heterocycles. The zero-order valence-electron chi connectivity index (χ0n) is 25.5. The molecule has 0 aliphatic heterocycles. The number of carbonyl (C=O) groups is 1. The van der Waals surface area contributed by atoms with Gasteiger partial charge in [-0.15, -0.1) is 29.6 Å². The number of thiazole rings is 1. The van der Waals surface area contributed by atoms with Gasteiger partial charge in [-0.25, -0.2) is 18.9 Å². The van der Waals surface area contributed by atoms with Crippen molar-refractivity contribution >= 4 is 17.4 Å². The molecule has 0 aliphatic rings. The Morgan fingerprint density at radius 3 is 2.43 bits per heavy atom. The number of aryl methyl sites for hydroxylation is 1. The van der Waals surface area contributed by atoms with Gasteiger partial charge in [0.15, 0.2) is 10.6 Å². The first-order valence-electron chi connectivity index (χ1n) is 14.6. The molecule has 13 heteroatoms. The lowest BCUT2D eigenvalue weighted by molar-refractivity contribution is -0.274. The van der Waals surface area contributed by atoms with E-state index in [0.717, 1.165) is 34.5 Å². The summed E-state index contributed by atoms with van der Waals surface area (Å²) in [6.07, 6.45) is -2.51. The van der Waals surface area contributed by atoms with Crippen LogP contribution in [0.1, 0.15) is 55.8 Å². The first kappa shape index (κ1) is 32.6. The minimum Gasteiger partial charge on any atom is -0.406 e. The van der Waals surface area contributed by atoms with Gasteiger partial charge in [0.05, 0.1) is 11.4 Å². The molecule has 2 heterocycles. The molecule has 46 heavy (non-hydrogen) atoms. The van der Waals surface area contributed by atoms with Crippen molar-refractivity contribution in [2.45, 2.75) is 52.3 Å². The van der Waals surface area contributed by atoms with Gasteiger partial charge in [0.2, 0.25) is 0 Å². The van der Waals surface area contributed by atoms with Crippen molar-refractivity contribution in [1.29, 1.82) is 0 Å². The Hall–Kier alpha value is -4.78. The number of carbonyl (C=O) groups excluding carboxylic acids is 1. The van der Waals surface area contributed by atoms with Crippen LogP contribution < -0.4 is 14.9 Å². The van der Waals surface area contributed by atoms with E-state index in [4.69, 9.17) is 0 Å². The molecule has 5 rings (SSSR count). The zero-order valence-corrected chi connectivity index (χ0v) is 26.4. The number of halogens is 4. The average Bonchev–Trinajstić information content (AvgIpc) is 3.64. The first-order valence-corrected chi connectivity index (χ1v) is 15.5. The van der Waals surface area contributed by atoms with Crippen molar-refractivity contribution in [1.82, 2.24) is 24.6 Å². The van der Waals surface area contributed by atoms with Crippen LogP contribution in [0.15, 0.2) is 83.4 Å². The third-order valence-corrected chi connectivity index (χ3v) is 8.33. The second-order valence-corrected chi connectivity index (χ2v) is 11.8. The Labute approximate surface area is 267 Å². The Kier molecular flexibility index (Phi) is 9.71. The molecule has 1 atom stereocenters. The summed E-state index contributed by atoms with van der Waals surface area (Å²) in [6.45, 7) is 8.32. The van der Waals surface area contributed by atoms with E-state index in [9.17, 15) is 22.4 Å². The Morgan fingerprint density at radius 2 is 1.78 bits per heavy atom. The molecule has 8 nitrogen and oxygen atoms in total. The number of aromatic nitrogens is 4. The van der Waals surface area contributed by atoms with Crippen LogP contribution in [0.5, 0.6) is 5.75 Å².